The summed E-state index contributed by atoms with van der Waals surface area (Å²) in [5.74, 6) is -1.14. The lowest BCUT2D eigenvalue weighted by molar-refractivity contribution is -0.00802. The summed E-state index contributed by atoms with van der Waals surface area (Å²) in [6, 6.07) is 9.49. The average molecular weight is 441 g/mol. The Morgan fingerprint density at radius 3 is 2.55 bits per heavy atom. The molecular formula is C20H22ClFN2O4S. The minimum Gasteiger partial charge on any atom is -0.390 e. The van der Waals surface area contributed by atoms with Crippen LogP contribution < -0.4 is 5.32 Å². The summed E-state index contributed by atoms with van der Waals surface area (Å²) in [6.45, 7) is 2.31. The molecule has 3 rings (SSSR count). The number of nitrogens with zero attached hydrogens (tertiary/aromatic N) is 1. The molecule has 9 heteroatoms. The fraction of sp³-hybridized carbons (Fsp3) is 0.350. The third-order valence-corrected chi connectivity index (χ3v) is 7.41. The molecule has 2 aromatic rings. The number of halogens is 2. The summed E-state index contributed by atoms with van der Waals surface area (Å²) in [7, 11) is -3.79. The lowest BCUT2D eigenvalue weighted by atomic mass is 9.90. The highest BCUT2D eigenvalue weighted by atomic mass is 35.5. The second kappa shape index (κ2) is 8.39. The van der Waals surface area contributed by atoms with E-state index in [1.165, 1.54) is 40.7 Å². The molecule has 2 aromatic carbocycles. The second-order valence-electron chi connectivity index (χ2n) is 7.09. The SMILES string of the molecule is CCC1(O)CCN(S(=O)(=O)c2cccc(C(=O)Nc3ccc(F)c(Cl)c3)c2)CC1. The molecule has 0 atom stereocenters. The summed E-state index contributed by atoms with van der Waals surface area (Å²) in [5, 5.41) is 12.8. The fourth-order valence-electron chi connectivity index (χ4n) is 3.22. The number of rotatable bonds is 5. The van der Waals surface area contributed by atoms with Crippen molar-refractivity contribution in [3.8, 4) is 0 Å². The van der Waals surface area contributed by atoms with E-state index in [9.17, 15) is 22.7 Å². The number of sulfonamides is 1. The van der Waals surface area contributed by atoms with E-state index >= 15 is 0 Å². The smallest absolute Gasteiger partial charge is 0.255 e. The number of benzene rings is 2. The van der Waals surface area contributed by atoms with Crippen LogP contribution in [0.3, 0.4) is 0 Å². The predicted octanol–water partition coefficient (Wildman–Crippen LogP) is 3.66. The molecule has 1 fully saturated rings. The van der Waals surface area contributed by atoms with E-state index in [4.69, 9.17) is 11.6 Å². The quantitative estimate of drug-likeness (QED) is 0.742. The lowest BCUT2D eigenvalue weighted by Crippen LogP contribution is -2.46. The maximum absolute atomic E-state index is 13.3. The van der Waals surface area contributed by atoms with Crippen molar-refractivity contribution in [2.24, 2.45) is 0 Å². The van der Waals surface area contributed by atoms with Crippen molar-refractivity contribution in [2.45, 2.75) is 36.7 Å². The monoisotopic (exact) mass is 440 g/mol. The van der Waals surface area contributed by atoms with Crippen molar-refractivity contribution >= 4 is 33.2 Å². The van der Waals surface area contributed by atoms with Gasteiger partial charge in [0.1, 0.15) is 5.82 Å². The van der Waals surface area contributed by atoms with E-state index in [1.807, 2.05) is 6.92 Å². The summed E-state index contributed by atoms with van der Waals surface area (Å²) in [4.78, 5) is 12.5. The highest BCUT2D eigenvalue weighted by molar-refractivity contribution is 7.89. The molecule has 0 aromatic heterocycles. The standard InChI is InChI=1S/C20H22ClFN2O4S/c1-2-20(26)8-10-24(11-9-20)29(27,28)16-5-3-4-14(12-16)19(25)23-15-6-7-18(22)17(21)13-15/h3-7,12-13,26H,2,8-11H2,1H3,(H,23,25). The van der Waals surface area contributed by atoms with E-state index < -0.39 is 27.3 Å². The zero-order chi connectivity index (χ0) is 21.2. The van der Waals surface area contributed by atoms with Gasteiger partial charge in [-0.2, -0.15) is 4.31 Å². The highest BCUT2D eigenvalue weighted by Gasteiger charge is 2.36. The van der Waals surface area contributed by atoms with Gasteiger partial charge in [0, 0.05) is 24.3 Å². The van der Waals surface area contributed by atoms with Gasteiger partial charge in [-0.25, -0.2) is 12.8 Å². The van der Waals surface area contributed by atoms with Crippen LogP contribution in [0.25, 0.3) is 0 Å². The number of nitrogens with one attached hydrogen (secondary N) is 1. The maximum atomic E-state index is 13.3. The normalized spacial score (nSPS) is 17.1. The molecule has 1 amide bonds. The van der Waals surface area contributed by atoms with Crippen LogP contribution in [0.4, 0.5) is 10.1 Å². The third kappa shape index (κ3) is 4.78. The Kier molecular flexibility index (Phi) is 6.28. The zero-order valence-corrected chi connectivity index (χ0v) is 17.4. The number of carbonyl (C=O) groups excluding carboxylic acids is 1. The Morgan fingerprint density at radius 1 is 1.24 bits per heavy atom. The Balaban J connectivity index is 1.78. The van der Waals surface area contributed by atoms with Gasteiger partial charge < -0.3 is 10.4 Å². The number of hydrogen-bond donors (Lipinski definition) is 2. The highest BCUT2D eigenvalue weighted by Crippen LogP contribution is 2.29. The molecule has 1 heterocycles. The summed E-state index contributed by atoms with van der Waals surface area (Å²) < 4.78 is 40.5. The molecule has 0 spiro atoms. The Labute approximate surface area is 174 Å². The van der Waals surface area contributed by atoms with E-state index in [0.29, 0.717) is 24.9 Å². The van der Waals surface area contributed by atoms with Gasteiger partial charge in [0.2, 0.25) is 10.0 Å². The van der Waals surface area contributed by atoms with E-state index in [1.54, 1.807) is 0 Å². The largest absolute Gasteiger partial charge is 0.390 e. The van der Waals surface area contributed by atoms with Crippen LogP contribution in [-0.4, -0.2) is 42.4 Å². The molecule has 29 heavy (non-hydrogen) atoms. The van der Waals surface area contributed by atoms with Crippen molar-refractivity contribution in [1.82, 2.24) is 4.31 Å². The Bertz CT molecular complexity index is 1020. The number of aliphatic hydroxyl groups is 1. The van der Waals surface area contributed by atoms with Gasteiger partial charge in [-0.3, -0.25) is 4.79 Å². The molecular weight excluding hydrogens is 419 g/mol. The first-order chi connectivity index (χ1) is 13.6. The summed E-state index contributed by atoms with van der Waals surface area (Å²) >= 11 is 5.72. The minimum atomic E-state index is -3.79. The molecule has 0 radical (unpaired) electrons. The predicted molar refractivity (Wildman–Crippen MR) is 109 cm³/mol. The van der Waals surface area contributed by atoms with Crippen LogP contribution in [0.2, 0.25) is 5.02 Å². The minimum absolute atomic E-state index is 0.00391. The van der Waals surface area contributed by atoms with Gasteiger partial charge in [-0.1, -0.05) is 24.6 Å². The fourth-order valence-corrected chi connectivity index (χ4v) is 4.89. The van der Waals surface area contributed by atoms with E-state index in [-0.39, 0.29) is 28.6 Å². The van der Waals surface area contributed by atoms with Crippen LogP contribution in [-0.2, 0) is 10.0 Å². The first-order valence-electron chi connectivity index (χ1n) is 9.24. The van der Waals surface area contributed by atoms with Crippen LogP contribution >= 0.6 is 11.6 Å². The van der Waals surface area contributed by atoms with E-state index in [2.05, 4.69) is 5.32 Å². The molecule has 6 nitrogen and oxygen atoms in total. The molecule has 0 saturated carbocycles. The molecule has 156 valence electrons. The lowest BCUT2D eigenvalue weighted by Gasteiger charge is -2.36. The van der Waals surface area contributed by atoms with Crippen LogP contribution in [0, 0.1) is 5.82 Å². The number of piperidine rings is 1. The third-order valence-electron chi connectivity index (χ3n) is 5.22. The van der Waals surface area contributed by atoms with Gasteiger partial charge in [0.05, 0.1) is 15.5 Å². The zero-order valence-electron chi connectivity index (χ0n) is 15.9. The first-order valence-corrected chi connectivity index (χ1v) is 11.1. The van der Waals surface area contributed by atoms with Crippen molar-refractivity contribution in [3.05, 3.63) is 58.9 Å². The number of anilines is 1. The van der Waals surface area contributed by atoms with Gasteiger partial charge in [0.15, 0.2) is 0 Å². The average Bonchev–Trinajstić information content (AvgIpc) is 2.71. The number of hydrogen-bond acceptors (Lipinski definition) is 4. The topological polar surface area (TPSA) is 86.7 Å². The van der Waals surface area contributed by atoms with Gasteiger partial charge in [-0.15, -0.1) is 0 Å². The Hall–Kier alpha value is -2.00. The molecule has 1 aliphatic heterocycles. The molecule has 2 N–H and O–H groups in total. The van der Waals surface area contributed by atoms with Crippen molar-refractivity contribution in [2.75, 3.05) is 18.4 Å². The summed E-state index contributed by atoms with van der Waals surface area (Å²) in [6.07, 6.45) is 1.31. The van der Waals surface area contributed by atoms with Crippen LogP contribution in [0.5, 0.6) is 0 Å². The van der Waals surface area contributed by atoms with Gasteiger partial charge >= 0.3 is 0 Å². The molecule has 1 saturated heterocycles. The number of amides is 1. The van der Waals surface area contributed by atoms with E-state index in [0.717, 1.165) is 6.07 Å². The number of carbonyl (C=O) groups is 1. The molecule has 0 bridgehead atoms. The van der Waals surface area contributed by atoms with Crippen LogP contribution in [0.15, 0.2) is 47.4 Å². The van der Waals surface area contributed by atoms with Gasteiger partial charge in [-0.05, 0) is 55.7 Å². The van der Waals surface area contributed by atoms with Crippen LogP contribution in [0.1, 0.15) is 36.5 Å². The second-order valence-corrected chi connectivity index (χ2v) is 9.44. The van der Waals surface area contributed by atoms with Gasteiger partial charge in [0.25, 0.3) is 5.91 Å². The van der Waals surface area contributed by atoms with Crippen molar-refractivity contribution < 1.29 is 22.7 Å². The Morgan fingerprint density at radius 2 is 1.93 bits per heavy atom. The van der Waals surface area contributed by atoms with Crippen molar-refractivity contribution in [1.29, 1.82) is 0 Å². The molecule has 0 unspecified atom stereocenters. The molecule has 1 aliphatic rings. The molecule has 0 aliphatic carbocycles. The van der Waals surface area contributed by atoms with Crippen molar-refractivity contribution in [3.63, 3.8) is 0 Å². The maximum Gasteiger partial charge on any atom is 0.255 e. The summed E-state index contributed by atoms with van der Waals surface area (Å²) in [5.41, 5.74) is -0.386. The first kappa shape index (κ1) is 21.7.